The van der Waals surface area contributed by atoms with Crippen molar-refractivity contribution in [3.63, 3.8) is 0 Å². The second-order valence-electron chi connectivity index (χ2n) is 6.67. The number of carboxylic acids is 1. The van der Waals surface area contributed by atoms with Crippen molar-refractivity contribution in [1.82, 2.24) is 14.5 Å². The SMILES string of the molecule is C[C@H](O)[C@@H]1C(=O)N2C(C(=O)O)=C(SCc3nccn3Cc3ccccc3)S[C@H]12. The summed E-state index contributed by atoms with van der Waals surface area (Å²) in [5.74, 6) is -0.682. The van der Waals surface area contributed by atoms with Crippen molar-refractivity contribution < 1.29 is 19.8 Å². The highest BCUT2D eigenvalue weighted by atomic mass is 32.2. The number of carbonyl (C=O) groups is 2. The molecule has 2 aliphatic rings. The molecule has 0 unspecified atom stereocenters. The molecule has 2 aliphatic heterocycles. The highest BCUT2D eigenvalue weighted by Crippen LogP contribution is 2.54. The van der Waals surface area contributed by atoms with Crippen LogP contribution >= 0.6 is 23.5 Å². The molecular formula is C19H19N3O4S2. The van der Waals surface area contributed by atoms with Crippen LogP contribution in [0.3, 0.4) is 0 Å². The Labute approximate surface area is 170 Å². The number of fused-ring (bicyclic) bond motifs is 1. The molecular weight excluding hydrogens is 398 g/mol. The van der Waals surface area contributed by atoms with Gasteiger partial charge >= 0.3 is 5.97 Å². The van der Waals surface area contributed by atoms with E-state index < -0.39 is 18.0 Å². The van der Waals surface area contributed by atoms with E-state index in [0.717, 1.165) is 11.4 Å². The molecule has 1 aromatic carbocycles. The monoisotopic (exact) mass is 417 g/mol. The summed E-state index contributed by atoms with van der Waals surface area (Å²) < 4.78 is 2.62. The predicted octanol–water partition coefficient (Wildman–Crippen LogP) is 2.33. The van der Waals surface area contributed by atoms with E-state index in [9.17, 15) is 19.8 Å². The van der Waals surface area contributed by atoms with Crippen molar-refractivity contribution in [1.29, 1.82) is 0 Å². The smallest absolute Gasteiger partial charge is 0.354 e. The van der Waals surface area contributed by atoms with Crippen LogP contribution in [-0.4, -0.2) is 48.0 Å². The van der Waals surface area contributed by atoms with Gasteiger partial charge in [-0.2, -0.15) is 0 Å². The van der Waals surface area contributed by atoms with E-state index in [1.807, 2.05) is 41.1 Å². The summed E-state index contributed by atoms with van der Waals surface area (Å²) in [5, 5.41) is 19.1. The summed E-state index contributed by atoms with van der Waals surface area (Å²) in [4.78, 5) is 29.7. The molecule has 2 N–H and O–H groups in total. The molecule has 1 saturated heterocycles. The van der Waals surface area contributed by atoms with Crippen molar-refractivity contribution in [2.24, 2.45) is 5.92 Å². The van der Waals surface area contributed by atoms with E-state index in [0.29, 0.717) is 16.5 Å². The van der Waals surface area contributed by atoms with E-state index in [-0.39, 0.29) is 17.0 Å². The first kappa shape index (κ1) is 19.1. The zero-order valence-corrected chi connectivity index (χ0v) is 16.7. The van der Waals surface area contributed by atoms with Crippen LogP contribution in [0.15, 0.2) is 52.7 Å². The molecule has 0 aliphatic carbocycles. The summed E-state index contributed by atoms with van der Waals surface area (Å²) in [6.45, 7) is 2.25. The molecule has 2 aromatic rings. The number of aromatic nitrogens is 2. The van der Waals surface area contributed by atoms with Crippen LogP contribution in [-0.2, 0) is 21.9 Å². The van der Waals surface area contributed by atoms with E-state index in [4.69, 9.17) is 0 Å². The van der Waals surface area contributed by atoms with Gasteiger partial charge in [0.25, 0.3) is 0 Å². The average molecular weight is 418 g/mol. The van der Waals surface area contributed by atoms with Crippen LogP contribution in [0.1, 0.15) is 18.3 Å². The zero-order valence-electron chi connectivity index (χ0n) is 15.1. The lowest BCUT2D eigenvalue weighted by Gasteiger charge is -2.43. The normalized spacial score (nSPS) is 22.2. The van der Waals surface area contributed by atoms with Crippen LogP contribution in [0.25, 0.3) is 0 Å². The Balaban J connectivity index is 1.49. The van der Waals surface area contributed by atoms with Gasteiger partial charge in [0.05, 0.1) is 22.0 Å². The number of aliphatic hydroxyl groups is 1. The van der Waals surface area contributed by atoms with E-state index in [1.165, 1.54) is 28.4 Å². The largest absolute Gasteiger partial charge is 0.477 e. The third kappa shape index (κ3) is 3.34. The zero-order chi connectivity index (χ0) is 19.8. The summed E-state index contributed by atoms with van der Waals surface area (Å²) in [6.07, 6.45) is 2.83. The number of hydrogen-bond donors (Lipinski definition) is 2. The highest BCUT2D eigenvalue weighted by Gasteiger charge is 2.57. The Bertz CT molecular complexity index is 942. The predicted molar refractivity (Wildman–Crippen MR) is 107 cm³/mol. The van der Waals surface area contributed by atoms with Gasteiger partial charge in [-0.3, -0.25) is 9.69 Å². The summed E-state index contributed by atoms with van der Waals surface area (Å²) in [7, 11) is 0. The van der Waals surface area contributed by atoms with Gasteiger partial charge < -0.3 is 14.8 Å². The molecule has 28 heavy (non-hydrogen) atoms. The molecule has 3 atom stereocenters. The van der Waals surface area contributed by atoms with Gasteiger partial charge in [-0.1, -0.05) is 42.1 Å². The quantitative estimate of drug-likeness (QED) is 0.668. The lowest BCUT2D eigenvalue weighted by atomic mass is 9.92. The van der Waals surface area contributed by atoms with Crippen molar-refractivity contribution in [2.75, 3.05) is 0 Å². The van der Waals surface area contributed by atoms with Crippen LogP contribution in [0.2, 0.25) is 0 Å². The molecule has 146 valence electrons. The van der Waals surface area contributed by atoms with Crippen molar-refractivity contribution in [2.45, 2.75) is 30.7 Å². The number of amides is 1. The van der Waals surface area contributed by atoms with Crippen molar-refractivity contribution in [3.05, 3.63) is 64.0 Å². The van der Waals surface area contributed by atoms with Gasteiger partial charge in [0.2, 0.25) is 5.91 Å². The highest BCUT2D eigenvalue weighted by molar-refractivity contribution is 8.22. The Morgan fingerprint density at radius 3 is 2.79 bits per heavy atom. The number of β-lactam (4-membered cyclic amide) rings is 1. The topological polar surface area (TPSA) is 95.7 Å². The number of imidazole rings is 1. The Morgan fingerprint density at radius 2 is 2.11 bits per heavy atom. The molecule has 1 fully saturated rings. The fourth-order valence-electron chi connectivity index (χ4n) is 3.39. The Kier molecular flexibility index (Phi) is 5.22. The number of benzene rings is 1. The minimum atomic E-state index is -1.12. The summed E-state index contributed by atoms with van der Waals surface area (Å²) >= 11 is 2.71. The van der Waals surface area contributed by atoms with Crippen LogP contribution in [0.5, 0.6) is 0 Å². The van der Waals surface area contributed by atoms with Gasteiger partial charge in [0, 0.05) is 18.9 Å². The lowest BCUT2D eigenvalue weighted by molar-refractivity contribution is -0.156. The summed E-state index contributed by atoms with van der Waals surface area (Å²) in [5.41, 5.74) is 1.17. The first-order valence-corrected chi connectivity index (χ1v) is 10.7. The first-order valence-electron chi connectivity index (χ1n) is 8.79. The fourth-order valence-corrected chi connectivity index (χ4v) is 6.27. The standard InChI is InChI=1S/C19H19N3O4S2/c1-11(23)14-16(24)22-15(18(25)26)19(28-17(14)22)27-10-13-20-7-8-21(13)9-12-5-3-2-4-6-12/h2-8,11,14,17,23H,9-10H2,1H3,(H,25,26)/t11-,14+,17+/m0/s1. The van der Waals surface area contributed by atoms with Gasteiger partial charge in [-0.25, -0.2) is 9.78 Å². The van der Waals surface area contributed by atoms with Crippen LogP contribution in [0, 0.1) is 5.92 Å². The number of carboxylic acid groups (broad SMARTS) is 1. The van der Waals surface area contributed by atoms with Gasteiger partial charge in [0.1, 0.15) is 11.2 Å². The van der Waals surface area contributed by atoms with Gasteiger partial charge in [-0.05, 0) is 12.5 Å². The minimum Gasteiger partial charge on any atom is -0.477 e. The second kappa shape index (κ2) is 7.65. The maximum atomic E-state index is 12.3. The maximum absolute atomic E-state index is 12.3. The fraction of sp³-hybridized carbons (Fsp3) is 0.316. The summed E-state index contributed by atoms with van der Waals surface area (Å²) in [6, 6.07) is 10.0. The van der Waals surface area contributed by atoms with Crippen molar-refractivity contribution in [3.8, 4) is 0 Å². The van der Waals surface area contributed by atoms with Crippen LogP contribution in [0.4, 0.5) is 0 Å². The van der Waals surface area contributed by atoms with E-state index in [2.05, 4.69) is 4.98 Å². The Hall–Kier alpha value is -2.23. The number of aliphatic hydroxyl groups excluding tert-OH is 1. The number of hydrogen-bond acceptors (Lipinski definition) is 6. The number of thioether (sulfide) groups is 2. The molecule has 3 heterocycles. The number of aliphatic carboxylic acids is 1. The third-order valence-electron chi connectivity index (χ3n) is 4.80. The molecule has 4 rings (SSSR count). The molecule has 7 nitrogen and oxygen atoms in total. The van der Waals surface area contributed by atoms with E-state index in [1.54, 1.807) is 13.1 Å². The first-order chi connectivity index (χ1) is 13.5. The molecule has 1 amide bonds. The van der Waals surface area contributed by atoms with Crippen molar-refractivity contribution >= 4 is 35.4 Å². The number of rotatable bonds is 7. The minimum absolute atomic E-state index is 0.0167. The number of nitrogens with zero attached hydrogens (tertiary/aromatic N) is 3. The molecule has 0 spiro atoms. The number of carbonyl (C=O) groups excluding carboxylic acids is 1. The molecule has 1 aromatic heterocycles. The second-order valence-corrected chi connectivity index (χ2v) is 9.04. The van der Waals surface area contributed by atoms with Gasteiger partial charge in [-0.15, -0.1) is 11.8 Å². The van der Waals surface area contributed by atoms with Gasteiger partial charge in [0.15, 0.2) is 5.70 Å². The molecule has 9 heteroatoms. The average Bonchev–Trinajstić information content (AvgIpc) is 3.22. The Morgan fingerprint density at radius 1 is 1.36 bits per heavy atom. The molecule has 0 bridgehead atoms. The molecule has 0 radical (unpaired) electrons. The molecule has 0 saturated carbocycles. The van der Waals surface area contributed by atoms with Crippen LogP contribution < -0.4 is 0 Å². The third-order valence-corrected chi connectivity index (χ3v) is 7.45. The van der Waals surface area contributed by atoms with E-state index >= 15 is 0 Å². The lowest BCUT2D eigenvalue weighted by Crippen LogP contribution is -2.60. The maximum Gasteiger partial charge on any atom is 0.354 e.